The van der Waals surface area contributed by atoms with Gasteiger partial charge in [0.25, 0.3) is 0 Å². The van der Waals surface area contributed by atoms with Crippen LogP contribution in [0.4, 0.5) is 0 Å². The van der Waals surface area contributed by atoms with Crippen LogP contribution in [0.25, 0.3) is 0 Å². The summed E-state index contributed by atoms with van der Waals surface area (Å²) in [6.07, 6.45) is 0. The van der Waals surface area contributed by atoms with E-state index >= 15 is 0 Å². The Morgan fingerprint density at radius 2 is 1.89 bits per heavy atom. The first-order valence-corrected chi connectivity index (χ1v) is 5.87. The number of rotatable bonds is 4. The summed E-state index contributed by atoms with van der Waals surface area (Å²) in [5.74, 6) is 0.748. The maximum Gasteiger partial charge on any atom is 0.126 e. The first-order valence-electron chi connectivity index (χ1n) is 5.49. The van der Waals surface area contributed by atoms with Crippen molar-refractivity contribution in [2.24, 2.45) is 0 Å². The van der Waals surface area contributed by atoms with E-state index in [9.17, 15) is 10.2 Å². The normalized spacial score (nSPS) is 10.3. The van der Waals surface area contributed by atoms with E-state index in [0.29, 0.717) is 22.9 Å². The number of phenols is 1. The van der Waals surface area contributed by atoms with Crippen molar-refractivity contribution in [1.82, 2.24) is 0 Å². The van der Waals surface area contributed by atoms with E-state index in [4.69, 9.17) is 16.3 Å². The van der Waals surface area contributed by atoms with Crippen molar-refractivity contribution in [3.05, 3.63) is 58.6 Å². The van der Waals surface area contributed by atoms with Crippen molar-refractivity contribution in [2.75, 3.05) is 0 Å². The summed E-state index contributed by atoms with van der Waals surface area (Å²) >= 11 is 5.96. The van der Waals surface area contributed by atoms with Crippen LogP contribution < -0.4 is 4.74 Å². The van der Waals surface area contributed by atoms with Gasteiger partial charge < -0.3 is 14.9 Å². The number of ether oxygens (including phenoxy) is 1. The Hall–Kier alpha value is -1.71. The van der Waals surface area contributed by atoms with Gasteiger partial charge in [0.2, 0.25) is 0 Å². The van der Waals surface area contributed by atoms with Crippen molar-refractivity contribution in [3.8, 4) is 11.5 Å². The standard InChI is InChI=1S/C14H13ClO3/c15-13-5-2-6-14(12(13)8-16)18-9-10-3-1-4-11(17)7-10/h1-7,16-17H,8-9H2. The van der Waals surface area contributed by atoms with E-state index in [-0.39, 0.29) is 12.4 Å². The van der Waals surface area contributed by atoms with Crippen LogP contribution in [-0.2, 0) is 13.2 Å². The Morgan fingerprint density at radius 3 is 2.61 bits per heavy atom. The molecule has 0 aliphatic heterocycles. The molecule has 0 bridgehead atoms. The summed E-state index contributed by atoms with van der Waals surface area (Å²) in [6, 6.07) is 12.0. The van der Waals surface area contributed by atoms with Crippen LogP contribution in [0.3, 0.4) is 0 Å². The van der Waals surface area contributed by atoms with Gasteiger partial charge in [0.05, 0.1) is 6.61 Å². The lowest BCUT2D eigenvalue weighted by molar-refractivity contribution is 0.259. The number of hydrogen-bond acceptors (Lipinski definition) is 3. The van der Waals surface area contributed by atoms with Gasteiger partial charge >= 0.3 is 0 Å². The second-order valence-corrected chi connectivity index (χ2v) is 4.24. The fraction of sp³-hybridized carbons (Fsp3) is 0.143. The van der Waals surface area contributed by atoms with Crippen molar-refractivity contribution in [1.29, 1.82) is 0 Å². The smallest absolute Gasteiger partial charge is 0.126 e. The Bertz CT molecular complexity index is 540. The van der Waals surface area contributed by atoms with Gasteiger partial charge in [-0.1, -0.05) is 29.8 Å². The van der Waals surface area contributed by atoms with Crippen LogP contribution >= 0.6 is 11.6 Å². The maximum atomic E-state index is 9.34. The Kier molecular flexibility index (Phi) is 4.07. The van der Waals surface area contributed by atoms with Crippen LogP contribution in [0.5, 0.6) is 11.5 Å². The zero-order valence-electron chi connectivity index (χ0n) is 9.64. The quantitative estimate of drug-likeness (QED) is 0.892. The molecular formula is C14H13ClO3. The van der Waals surface area contributed by atoms with Gasteiger partial charge in [0, 0.05) is 10.6 Å². The van der Waals surface area contributed by atoms with Crippen molar-refractivity contribution < 1.29 is 14.9 Å². The number of aliphatic hydroxyl groups excluding tert-OH is 1. The predicted molar refractivity (Wildman–Crippen MR) is 69.8 cm³/mol. The predicted octanol–water partition coefficient (Wildman–Crippen LogP) is 3.12. The molecule has 0 aliphatic rings. The van der Waals surface area contributed by atoms with E-state index in [1.54, 1.807) is 36.4 Å². The SMILES string of the molecule is OCc1c(Cl)cccc1OCc1cccc(O)c1. The van der Waals surface area contributed by atoms with E-state index in [2.05, 4.69) is 0 Å². The molecule has 0 atom stereocenters. The van der Waals surface area contributed by atoms with Gasteiger partial charge in [-0.05, 0) is 29.8 Å². The highest BCUT2D eigenvalue weighted by Gasteiger charge is 2.07. The second-order valence-electron chi connectivity index (χ2n) is 3.83. The highest BCUT2D eigenvalue weighted by molar-refractivity contribution is 6.31. The fourth-order valence-corrected chi connectivity index (χ4v) is 1.86. The number of aromatic hydroxyl groups is 1. The molecule has 0 fully saturated rings. The van der Waals surface area contributed by atoms with E-state index < -0.39 is 0 Å². The molecule has 0 aromatic heterocycles. The fourth-order valence-electron chi connectivity index (χ4n) is 1.63. The van der Waals surface area contributed by atoms with E-state index in [1.165, 1.54) is 0 Å². The molecule has 2 aromatic carbocycles. The van der Waals surface area contributed by atoms with E-state index in [1.807, 2.05) is 6.07 Å². The van der Waals surface area contributed by atoms with Gasteiger partial charge in [0.1, 0.15) is 18.1 Å². The number of halogens is 1. The Morgan fingerprint density at radius 1 is 1.11 bits per heavy atom. The first-order chi connectivity index (χ1) is 8.70. The Balaban J connectivity index is 2.13. The largest absolute Gasteiger partial charge is 0.508 e. The van der Waals surface area contributed by atoms with Crippen LogP contribution in [0.2, 0.25) is 5.02 Å². The molecule has 0 heterocycles. The summed E-state index contributed by atoms with van der Waals surface area (Å²) in [7, 11) is 0. The monoisotopic (exact) mass is 264 g/mol. The van der Waals surface area contributed by atoms with Crippen molar-refractivity contribution in [3.63, 3.8) is 0 Å². The number of phenolic OH excluding ortho intramolecular Hbond substituents is 1. The lowest BCUT2D eigenvalue weighted by Crippen LogP contribution is -1.99. The summed E-state index contributed by atoms with van der Waals surface area (Å²) in [6.45, 7) is 0.136. The molecule has 0 saturated carbocycles. The lowest BCUT2D eigenvalue weighted by Gasteiger charge is -2.11. The van der Waals surface area contributed by atoms with Gasteiger partial charge in [0.15, 0.2) is 0 Å². The van der Waals surface area contributed by atoms with Crippen LogP contribution in [-0.4, -0.2) is 10.2 Å². The molecule has 18 heavy (non-hydrogen) atoms. The average molecular weight is 265 g/mol. The summed E-state index contributed by atoms with van der Waals surface area (Å²) < 4.78 is 5.59. The van der Waals surface area contributed by atoms with Crippen LogP contribution in [0, 0.1) is 0 Å². The molecule has 4 heteroatoms. The average Bonchev–Trinajstić information content (AvgIpc) is 2.36. The molecule has 0 saturated heterocycles. The van der Waals surface area contributed by atoms with Gasteiger partial charge in [-0.2, -0.15) is 0 Å². The molecule has 3 nitrogen and oxygen atoms in total. The molecule has 0 spiro atoms. The van der Waals surface area contributed by atoms with Gasteiger partial charge in [-0.3, -0.25) is 0 Å². The highest BCUT2D eigenvalue weighted by Crippen LogP contribution is 2.27. The third-order valence-corrected chi connectivity index (χ3v) is 2.89. The minimum Gasteiger partial charge on any atom is -0.508 e. The third kappa shape index (κ3) is 2.94. The third-order valence-electron chi connectivity index (χ3n) is 2.54. The molecule has 2 N–H and O–H groups in total. The molecule has 0 aliphatic carbocycles. The zero-order valence-corrected chi connectivity index (χ0v) is 10.4. The van der Waals surface area contributed by atoms with Crippen LogP contribution in [0.1, 0.15) is 11.1 Å². The summed E-state index contributed by atoms with van der Waals surface area (Å²) in [5.41, 5.74) is 1.41. The molecular weight excluding hydrogens is 252 g/mol. The number of benzene rings is 2. The minimum absolute atomic E-state index is 0.172. The van der Waals surface area contributed by atoms with Gasteiger partial charge in [-0.15, -0.1) is 0 Å². The highest BCUT2D eigenvalue weighted by atomic mass is 35.5. The molecule has 0 radical (unpaired) electrons. The summed E-state index contributed by atoms with van der Waals surface area (Å²) in [4.78, 5) is 0. The Labute approximate surface area is 110 Å². The topological polar surface area (TPSA) is 49.7 Å². The van der Waals surface area contributed by atoms with Crippen molar-refractivity contribution >= 4 is 11.6 Å². The van der Waals surface area contributed by atoms with Gasteiger partial charge in [-0.25, -0.2) is 0 Å². The molecule has 2 rings (SSSR count). The van der Waals surface area contributed by atoms with Crippen molar-refractivity contribution in [2.45, 2.75) is 13.2 Å². The molecule has 94 valence electrons. The van der Waals surface area contributed by atoms with E-state index in [0.717, 1.165) is 5.56 Å². The molecule has 0 amide bonds. The summed E-state index contributed by atoms with van der Waals surface area (Å²) in [5, 5.41) is 19.1. The molecule has 2 aromatic rings. The number of hydrogen-bond donors (Lipinski definition) is 2. The second kappa shape index (κ2) is 5.76. The van der Waals surface area contributed by atoms with Crippen LogP contribution in [0.15, 0.2) is 42.5 Å². The first kappa shape index (κ1) is 12.7. The lowest BCUT2D eigenvalue weighted by atomic mass is 10.2. The zero-order chi connectivity index (χ0) is 13.0. The maximum absolute atomic E-state index is 9.34. The molecule has 0 unspecified atom stereocenters. The minimum atomic E-state index is -0.172. The number of aliphatic hydroxyl groups is 1.